The Hall–Kier alpha value is -2.66. The molecule has 1 fully saturated rings. The molecule has 5 nitrogen and oxygen atoms in total. The van der Waals surface area contributed by atoms with Crippen LogP contribution >= 0.6 is 0 Å². The average molecular weight is 349 g/mol. The molecule has 0 saturated carbocycles. The summed E-state index contributed by atoms with van der Waals surface area (Å²) in [6.07, 6.45) is 3.96. The molecule has 1 aliphatic heterocycles. The smallest absolute Gasteiger partial charge is 0.222 e. The van der Waals surface area contributed by atoms with E-state index in [1.54, 1.807) is 12.3 Å². The van der Waals surface area contributed by atoms with Crippen molar-refractivity contribution < 1.29 is 9.90 Å². The summed E-state index contributed by atoms with van der Waals surface area (Å²) in [5.41, 5.74) is 1.05. The molecule has 26 heavy (non-hydrogen) atoms. The fourth-order valence-corrected chi connectivity index (χ4v) is 3.82. The molecular formula is C21H23N3O2. The third-order valence-electron chi connectivity index (χ3n) is 5.43. The molecule has 0 aliphatic carbocycles. The number of hydrogen-bond acceptors (Lipinski definition) is 3. The van der Waals surface area contributed by atoms with Gasteiger partial charge in [0.2, 0.25) is 5.91 Å². The highest BCUT2D eigenvalue weighted by Gasteiger charge is 2.36. The molecule has 1 saturated heterocycles. The number of benzene rings is 2. The maximum absolute atomic E-state index is 12.6. The molecular weight excluding hydrogens is 326 g/mol. The summed E-state index contributed by atoms with van der Waals surface area (Å²) in [4.78, 5) is 14.5. The summed E-state index contributed by atoms with van der Waals surface area (Å²) in [7, 11) is 0. The summed E-state index contributed by atoms with van der Waals surface area (Å²) >= 11 is 0. The van der Waals surface area contributed by atoms with Gasteiger partial charge in [0.05, 0.1) is 5.69 Å². The third-order valence-corrected chi connectivity index (χ3v) is 5.43. The number of hydrogen-bond donors (Lipinski definition) is 2. The van der Waals surface area contributed by atoms with Crippen LogP contribution in [0.2, 0.25) is 0 Å². The lowest BCUT2D eigenvalue weighted by atomic mass is 9.88. The lowest BCUT2D eigenvalue weighted by Gasteiger charge is -2.37. The number of nitrogens with zero attached hydrogens (tertiary/aromatic N) is 2. The number of nitrogens with one attached hydrogen (secondary N) is 1. The molecule has 0 unspecified atom stereocenters. The summed E-state index contributed by atoms with van der Waals surface area (Å²) in [5.74, 6) is 0.157. The lowest BCUT2D eigenvalue weighted by Crippen LogP contribution is -2.45. The van der Waals surface area contributed by atoms with Crippen molar-refractivity contribution in [3.8, 4) is 0 Å². The number of H-pyrrole nitrogens is 1. The van der Waals surface area contributed by atoms with E-state index in [-0.39, 0.29) is 5.91 Å². The summed E-state index contributed by atoms with van der Waals surface area (Å²) < 4.78 is 0. The minimum Gasteiger partial charge on any atom is -0.383 e. The molecule has 2 aromatic carbocycles. The Kier molecular flexibility index (Phi) is 4.47. The second-order valence-corrected chi connectivity index (χ2v) is 7.02. The van der Waals surface area contributed by atoms with E-state index in [2.05, 4.69) is 34.5 Å². The van der Waals surface area contributed by atoms with E-state index in [0.717, 1.165) is 12.1 Å². The maximum Gasteiger partial charge on any atom is 0.222 e. The fraction of sp³-hybridized carbons (Fsp3) is 0.333. The van der Waals surface area contributed by atoms with Gasteiger partial charge in [-0.3, -0.25) is 9.89 Å². The van der Waals surface area contributed by atoms with Gasteiger partial charge in [0, 0.05) is 25.7 Å². The largest absolute Gasteiger partial charge is 0.383 e. The summed E-state index contributed by atoms with van der Waals surface area (Å²) in [5, 5.41) is 19.9. The first-order valence-corrected chi connectivity index (χ1v) is 9.12. The van der Waals surface area contributed by atoms with E-state index >= 15 is 0 Å². The van der Waals surface area contributed by atoms with E-state index in [9.17, 15) is 9.90 Å². The van der Waals surface area contributed by atoms with Crippen LogP contribution in [-0.2, 0) is 16.8 Å². The topological polar surface area (TPSA) is 69.2 Å². The Morgan fingerprint density at radius 3 is 2.65 bits per heavy atom. The highest BCUT2D eigenvalue weighted by atomic mass is 16.3. The Morgan fingerprint density at radius 2 is 1.88 bits per heavy atom. The van der Waals surface area contributed by atoms with Crippen LogP contribution in [0.3, 0.4) is 0 Å². The van der Waals surface area contributed by atoms with E-state index in [0.29, 0.717) is 32.4 Å². The van der Waals surface area contributed by atoms with Crippen molar-refractivity contribution in [2.24, 2.45) is 0 Å². The molecule has 0 atom stereocenters. The minimum atomic E-state index is -0.900. The quantitative estimate of drug-likeness (QED) is 0.761. The van der Waals surface area contributed by atoms with Gasteiger partial charge in [-0.1, -0.05) is 42.5 Å². The molecule has 4 rings (SSSR count). The first-order chi connectivity index (χ1) is 12.7. The number of carbonyl (C=O) groups excluding carboxylic acids is 1. The third kappa shape index (κ3) is 3.22. The SMILES string of the molecule is O=C(CCc1cccc2ccccc12)N1CCC(O)(c2ccn[nH]2)CC1. The first kappa shape index (κ1) is 16.8. The molecule has 1 amide bonds. The van der Waals surface area contributed by atoms with E-state index < -0.39 is 5.60 Å². The highest BCUT2D eigenvalue weighted by Crippen LogP contribution is 2.31. The number of aromatic amines is 1. The monoisotopic (exact) mass is 349 g/mol. The molecule has 134 valence electrons. The zero-order valence-electron chi connectivity index (χ0n) is 14.7. The van der Waals surface area contributed by atoms with E-state index in [1.807, 2.05) is 23.1 Å². The number of carbonyl (C=O) groups is 1. The number of amides is 1. The van der Waals surface area contributed by atoms with Gasteiger partial charge in [-0.25, -0.2) is 0 Å². The van der Waals surface area contributed by atoms with Crippen LogP contribution in [0.4, 0.5) is 0 Å². The van der Waals surface area contributed by atoms with Crippen molar-refractivity contribution in [3.63, 3.8) is 0 Å². The number of likely N-dealkylation sites (tertiary alicyclic amines) is 1. The van der Waals surface area contributed by atoms with Gasteiger partial charge in [0.15, 0.2) is 0 Å². The van der Waals surface area contributed by atoms with Crippen LogP contribution in [0.1, 0.15) is 30.5 Å². The summed E-state index contributed by atoms with van der Waals surface area (Å²) in [6.45, 7) is 1.15. The highest BCUT2D eigenvalue weighted by molar-refractivity contribution is 5.86. The van der Waals surface area contributed by atoms with Crippen molar-refractivity contribution >= 4 is 16.7 Å². The standard InChI is InChI=1S/C21H23N3O2/c25-20(9-8-17-6-3-5-16-4-1-2-7-18(16)17)24-14-11-21(26,12-15-24)19-10-13-22-23-19/h1-7,10,13,26H,8-9,11-12,14-15H2,(H,22,23). The van der Waals surface area contributed by atoms with Crippen LogP contribution in [0.15, 0.2) is 54.7 Å². The van der Waals surface area contributed by atoms with Crippen LogP contribution in [0, 0.1) is 0 Å². The van der Waals surface area contributed by atoms with Gasteiger partial charge in [-0.05, 0) is 41.7 Å². The van der Waals surface area contributed by atoms with Crippen LogP contribution < -0.4 is 0 Å². The molecule has 2 heterocycles. The molecule has 0 spiro atoms. The fourth-order valence-electron chi connectivity index (χ4n) is 3.82. The Morgan fingerprint density at radius 1 is 1.12 bits per heavy atom. The van der Waals surface area contributed by atoms with E-state index in [4.69, 9.17) is 0 Å². The molecule has 2 N–H and O–H groups in total. The zero-order chi connectivity index (χ0) is 18.0. The Bertz CT molecular complexity index is 891. The molecule has 0 radical (unpaired) electrons. The molecule has 0 bridgehead atoms. The van der Waals surface area contributed by atoms with Crippen LogP contribution in [0.25, 0.3) is 10.8 Å². The Labute approximate surface area is 152 Å². The second kappa shape index (κ2) is 6.92. The second-order valence-electron chi connectivity index (χ2n) is 7.02. The lowest BCUT2D eigenvalue weighted by molar-refractivity contribution is -0.135. The normalized spacial score (nSPS) is 16.7. The van der Waals surface area contributed by atoms with Gasteiger partial charge < -0.3 is 10.0 Å². The number of fused-ring (bicyclic) bond motifs is 1. The Balaban J connectivity index is 1.37. The maximum atomic E-state index is 12.6. The van der Waals surface area contributed by atoms with Crippen molar-refractivity contribution in [1.82, 2.24) is 15.1 Å². The van der Waals surface area contributed by atoms with E-state index in [1.165, 1.54) is 16.3 Å². The molecule has 1 aliphatic rings. The predicted octanol–water partition coefficient (Wildman–Crippen LogP) is 3.01. The van der Waals surface area contributed by atoms with Crippen molar-refractivity contribution in [2.75, 3.05) is 13.1 Å². The van der Waals surface area contributed by atoms with Gasteiger partial charge in [0.1, 0.15) is 5.60 Å². The minimum absolute atomic E-state index is 0.157. The van der Waals surface area contributed by atoms with Gasteiger partial charge in [-0.2, -0.15) is 5.10 Å². The molecule has 3 aromatic rings. The van der Waals surface area contributed by atoms with Crippen LogP contribution in [0.5, 0.6) is 0 Å². The van der Waals surface area contributed by atoms with Crippen LogP contribution in [-0.4, -0.2) is 39.2 Å². The van der Waals surface area contributed by atoms with Gasteiger partial charge >= 0.3 is 0 Å². The van der Waals surface area contributed by atoms with Crippen molar-refractivity contribution in [3.05, 3.63) is 66.0 Å². The number of aryl methyl sites for hydroxylation is 1. The number of piperidine rings is 1. The number of aliphatic hydroxyl groups is 1. The first-order valence-electron chi connectivity index (χ1n) is 9.12. The number of rotatable bonds is 4. The predicted molar refractivity (Wildman–Crippen MR) is 101 cm³/mol. The van der Waals surface area contributed by atoms with Gasteiger partial charge in [0.25, 0.3) is 0 Å². The molecule has 5 heteroatoms. The van der Waals surface area contributed by atoms with Gasteiger partial charge in [-0.15, -0.1) is 0 Å². The molecule has 1 aromatic heterocycles. The van der Waals surface area contributed by atoms with Crippen molar-refractivity contribution in [2.45, 2.75) is 31.3 Å². The zero-order valence-corrected chi connectivity index (χ0v) is 14.7. The number of aromatic nitrogens is 2. The summed E-state index contributed by atoms with van der Waals surface area (Å²) in [6, 6.07) is 16.3. The average Bonchev–Trinajstić information content (AvgIpc) is 3.22. The van der Waals surface area contributed by atoms with Crippen molar-refractivity contribution in [1.29, 1.82) is 0 Å².